The van der Waals surface area contributed by atoms with Crippen molar-refractivity contribution in [2.45, 2.75) is 123 Å². The normalized spacial score (nSPS) is 29.0. The predicted octanol–water partition coefficient (Wildman–Crippen LogP) is -0.512. The van der Waals surface area contributed by atoms with Gasteiger partial charge in [0, 0.05) is 54.9 Å². The molecule has 20 nitrogen and oxygen atoms in total. The van der Waals surface area contributed by atoms with E-state index in [0.717, 1.165) is 48.5 Å². The van der Waals surface area contributed by atoms with Crippen LogP contribution in [0.1, 0.15) is 61.3 Å². The first-order chi connectivity index (χ1) is 23.4. The van der Waals surface area contributed by atoms with Crippen molar-refractivity contribution in [3.63, 3.8) is 0 Å². The van der Waals surface area contributed by atoms with Gasteiger partial charge in [0.1, 0.15) is 31.5 Å². The Morgan fingerprint density at radius 2 is 0.880 bits per heavy atom. The van der Waals surface area contributed by atoms with Crippen LogP contribution in [-0.4, -0.2) is 134 Å². The van der Waals surface area contributed by atoms with Gasteiger partial charge in [-0.1, -0.05) is 0 Å². The van der Waals surface area contributed by atoms with Crippen LogP contribution in [0.15, 0.2) is 0 Å². The molecule has 0 aromatic rings. The number of carbonyl (C=O) groups excluding carboxylic acids is 7. The lowest BCUT2D eigenvalue weighted by Crippen LogP contribution is -2.67. The Bertz CT molecular complexity index is 1250. The van der Waals surface area contributed by atoms with E-state index < -0.39 is 122 Å². The molecule has 2 saturated heterocycles. The van der Waals surface area contributed by atoms with Crippen LogP contribution in [0, 0.1) is 0 Å². The fraction of sp³-hybridized carbons (Fsp3) is 0.733. The standard InChI is InChI=1S/C30H42O20/c1-13(31)41-11-20-23(43-15(3)33)25(44-16(4)34)28(47-19(7)37)30(49-20)50-24-21(12-42-14(2)32)48-29(40-10-8-9-22(38)39)27(46-18(6)36)26(24)45-17(5)35/h20-21,23-30H,8-12H2,1-7H3,(H,38,39)/t20?,21?,23-,24-,25-,26-,27?,28?,29+,30-/m0/s1. The van der Waals surface area contributed by atoms with E-state index >= 15 is 0 Å². The highest BCUT2D eigenvalue weighted by molar-refractivity contribution is 5.69. The molecule has 0 aliphatic carbocycles. The number of ether oxygens (including phenoxy) is 11. The molecule has 0 radical (unpaired) electrons. The Kier molecular flexibility index (Phi) is 16.5. The zero-order valence-corrected chi connectivity index (χ0v) is 28.5. The summed E-state index contributed by atoms with van der Waals surface area (Å²) in [5.41, 5.74) is 0. The lowest BCUT2D eigenvalue weighted by molar-refractivity contribution is -0.361. The number of carboxylic acids is 1. The number of esters is 7. The van der Waals surface area contributed by atoms with Crippen molar-refractivity contribution in [2.24, 2.45) is 0 Å². The highest BCUT2D eigenvalue weighted by Crippen LogP contribution is 2.35. The average molecular weight is 723 g/mol. The third-order valence-corrected chi connectivity index (χ3v) is 6.70. The van der Waals surface area contributed by atoms with Gasteiger partial charge in [0.05, 0.1) is 6.61 Å². The maximum absolute atomic E-state index is 12.4. The first-order valence-electron chi connectivity index (χ1n) is 15.3. The molecule has 20 heteroatoms. The van der Waals surface area contributed by atoms with Gasteiger partial charge in [-0.05, 0) is 6.42 Å². The molecule has 0 saturated carbocycles. The molecule has 4 unspecified atom stereocenters. The Balaban J connectivity index is 2.69. The van der Waals surface area contributed by atoms with Crippen LogP contribution in [-0.2, 0) is 90.5 Å². The molecule has 2 heterocycles. The fourth-order valence-corrected chi connectivity index (χ4v) is 5.03. The summed E-state index contributed by atoms with van der Waals surface area (Å²) in [5, 5.41) is 9.00. The van der Waals surface area contributed by atoms with E-state index in [2.05, 4.69) is 0 Å². The van der Waals surface area contributed by atoms with Gasteiger partial charge < -0.3 is 57.2 Å². The van der Waals surface area contributed by atoms with Gasteiger partial charge in [0.25, 0.3) is 0 Å². The predicted molar refractivity (Wildman–Crippen MR) is 156 cm³/mol. The zero-order valence-electron chi connectivity index (χ0n) is 28.5. The summed E-state index contributed by atoms with van der Waals surface area (Å²) in [7, 11) is 0. The lowest BCUT2D eigenvalue weighted by atomic mass is 9.96. The molecule has 50 heavy (non-hydrogen) atoms. The van der Waals surface area contributed by atoms with Gasteiger partial charge in [-0.2, -0.15) is 0 Å². The second kappa shape index (κ2) is 19.7. The van der Waals surface area contributed by atoms with Crippen LogP contribution in [0.3, 0.4) is 0 Å². The van der Waals surface area contributed by atoms with E-state index in [-0.39, 0.29) is 19.4 Å². The van der Waals surface area contributed by atoms with E-state index in [1.165, 1.54) is 0 Å². The van der Waals surface area contributed by atoms with Gasteiger partial charge in [-0.15, -0.1) is 0 Å². The SMILES string of the molecule is CC(=O)OCC1O[C@@H](O[C@H]2C(COC(C)=O)O[C@@H](OCCCC(=O)O)C(OC(C)=O)[C@H]2OC(C)=O)C(OC(C)=O)[C@@H](OC(C)=O)[C@H]1OC(C)=O. The van der Waals surface area contributed by atoms with Crippen LogP contribution in [0.4, 0.5) is 0 Å². The van der Waals surface area contributed by atoms with Crippen LogP contribution in [0.2, 0.25) is 0 Å². The molecule has 10 atom stereocenters. The summed E-state index contributed by atoms with van der Waals surface area (Å²) in [6.07, 6.45) is -16.2. The molecule has 0 aromatic heterocycles. The molecule has 2 aliphatic heterocycles. The molecule has 0 amide bonds. The van der Waals surface area contributed by atoms with Crippen molar-refractivity contribution in [1.29, 1.82) is 0 Å². The van der Waals surface area contributed by atoms with E-state index in [1.54, 1.807) is 0 Å². The molecular weight excluding hydrogens is 680 g/mol. The minimum absolute atomic E-state index is 0.000499. The maximum Gasteiger partial charge on any atom is 0.303 e. The Hall–Kier alpha value is -4.40. The molecule has 282 valence electrons. The van der Waals surface area contributed by atoms with Gasteiger partial charge >= 0.3 is 47.8 Å². The molecule has 0 bridgehead atoms. The lowest BCUT2D eigenvalue weighted by Gasteiger charge is -2.48. The number of carbonyl (C=O) groups is 8. The molecule has 2 rings (SSSR count). The van der Waals surface area contributed by atoms with Crippen LogP contribution >= 0.6 is 0 Å². The van der Waals surface area contributed by atoms with Crippen molar-refractivity contribution in [3.05, 3.63) is 0 Å². The highest BCUT2D eigenvalue weighted by Gasteiger charge is 2.57. The van der Waals surface area contributed by atoms with Crippen molar-refractivity contribution in [1.82, 2.24) is 0 Å². The smallest absolute Gasteiger partial charge is 0.303 e. The van der Waals surface area contributed by atoms with Crippen molar-refractivity contribution >= 4 is 47.8 Å². The first kappa shape index (κ1) is 41.8. The van der Waals surface area contributed by atoms with Crippen LogP contribution in [0.5, 0.6) is 0 Å². The quantitative estimate of drug-likeness (QED) is 0.119. The third kappa shape index (κ3) is 13.5. The largest absolute Gasteiger partial charge is 0.481 e. The molecule has 0 aromatic carbocycles. The first-order valence-corrected chi connectivity index (χ1v) is 15.3. The molecule has 2 fully saturated rings. The summed E-state index contributed by atoms with van der Waals surface area (Å²) in [4.78, 5) is 95.9. The van der Waals surface area contributed by atoms with E-state index in [0.29, 0.717) is 0 Å². The van der Waals surface area contributed by atoms with E-state index in [1.807, 2.05) is 0 Å². The Morgan fingerprint density at radius 1 is 0.500 bits per heavy atom. The third-order valence-electron chi connectivity index (χ3n) is 6.70. The molecule has 2 aliphatic rings. The van der Waals surface area contributed by atoms with Gasteiger partial charge in [-0.25, -0.2) is 0 Å². The van der Waals surface area contributed by atoms with Crippen molar-refractivity contribution in [2.75, 3.05) is 19.8 Å². The average Bonchev–Trinajstić information content (AvgIpc) is 2.97. The van der Waals surface area contributed by atoms with Crippen molar-refractivity contribution < 1.29 is 95.6 Å². The number of aliphatic carboxylic acids is 1. The summed E-state index contributed by atoms with van der Waals surface area (Å²) < 4.78 is 61.3. The fourth-order valence-electron chi connectivity index (χ4n) is 5.03. The second-order valence-electron chi connectivity index (χ2n) is 11.0. The van der Waals surface area contributed by atoms with Crippen LogP contribution < -0.4 is 0 Å². The van der Waals surface area contributed by atoms with E-state index in [4.69, 9.17) is 57.2 Å². The van der Waals surface area contributed by atoms with Gasteiger partial charge in [0.15, 0.2) is 43.1 Å². The van der Waals surface area contributed by atoms with Gasteiger partial charge in [-0.3, -0.25) is 38.4 Å². The monoisotopic (exact) mass is 722 g/mol. The highest BCUT2D eigenvalue weighted by atomic mass is 16.8. The molecule has 1 N–H and O–H groups in total. The summed E-state index contributed by atoms with van der Waals surface area (Å²) in [6.45, 7) is 5.87. The second-order valence-corrected chi connectivity index (χ2v) is 11.0. The zero-order chi connectivity index (χ0) is 37.7. The molecular formula is C30H42O20. The number of hydrogen-bond acceptors (Lipinski definition) is 19. The van der Waals surface area contributed by atoms with Crippen molar-refractivity contribution in [3.8, 4) is 0 Å². The number of rotatable bonds is 16. The number of hydrogen-bond donors (Lipinski definition) is 1. The Morgan fingerprint density at radius 3 is 1.32 bits per heavy atom. The minimum atomic E-state index is -1.83. The van der Waals surface area contributed by atoms with Crippen LogP contribution in [0.25, 0.3) is 0 Å². The summed E-state index contributed by atoms with van der Waals surface area (Å²) >= 11 is 0. The summed E-state index contributed by atoms with van der Waals surface area (Å²) in [5.74, 6) is -7.19. The number of carboxylic acid groups (broad SMARTS) is 1. The minimum Gasteiger partial charge on any atom is -0.481 e. The Labute approximate surface area is 286 Å². The molecule has 0 spiro atoms. The summed E-state index contributed by atoms with van der Waals surface area (Å²) in [6, 6.07) is 0. The van der Waals surface area contributed by atoms with E-state index in [9.17, 15) is 38.4 Å². The van der Waals surface area contributed by atoms with Gasteiger partial charge in [0.2, 0.25) is 0 Å². The topological polar surface area (TPSA) is 258 Å². The maximum atomic E-state index is 12.4.